The minimum Gasteiger partial charge on any atom is -0.408 e. The van der Waals surface area contributed by atoms with E-state index < -0.39 is 0 Å². The molecule has 0 bridgehead atoms. The highest BCUT2D eigenvalue weighted by Crippen LogP contribution is 2.18. The number of anilines is 1. The molecule has 16 heavy (non-hydrogen) atoms. The lowest BCUT2D eigenvalue weighted by atomic mass is 10.1. The van der Waals surface area contributed by atoms with Gasteiger partial charge < -0.3 is 9.32 Å². The van der Waals surface area contributed by atoms with Gasteiger partial charge in [-0.3, -0.25) is 0 Å². The second kappa shape index (κ2) is 6.09. The van der Waals surface area contributed by atoms with Crippen LogP contribution in [0.5, 0.6) is 0 Å². The number of hydrogen-bond donors (Lipinski definition) is 0. The third kappa shape index (κ3) is 3.11. The highest BCUT2D eigenvalue weighted by atomic mass is 35.5. The van der Waals surface area contributed by atoms with Gasteiger partial charge in [0, 0.05) is 25.4 Å². The van der Waals surface area contributed by atoms with Crippen molar-refractivity contribution < 1.29 is 4.42 Å². The molecule has 0 N–H and O–H groups in total. The van der Waals surface area contributed by atoms with Crippen LogP contribution in [0.4, 0.5) is 6.01 Å². The highest BCUT2D eigenvalue weighted by Gasteiger charge is 2.15. The second-order valence-corrected chi connectivity index (χ2v) is 4.55. The molecule has 2 heterocycles. The number of aromatic nitrogens is 2. The van der Waals surface area contributed by atoms with E-state index in [1.165, 1.54) is 32.1 Å². The Bertz CT molecular complexity index is 308. The Kier molecular flexibility index (Phi) is 4.45. The zero-order valence-corrected chi connectivity index (χ0v) is 10.2. The lowest BCUT2D eigenvalue weighted by Gasteiger charge is -2.22. The van der Waals surface area contributed by atoms with Gasteiger partial charge in [-0.25, -0.2) is 0 Å². The summed E-state index contributed by atoms with van der Waals surface area (Å²) in [5, 5.41) is 8.07. The summed E-state index contributed by atoms with van der Waals surface area (Å²) in [7, 11) is 0. The average molecular weight is 244 g/mol. The standard InChI is InChI=1S/C11H18ClN3O/c12-7-6-10-13-14-11(16-10)15-8-4-2-1-3-5-9-15/h1-9H2. The molecule has 1 aromatic heterocycles. The largest absolute Gasteiger partial charge is 0.408 e. The molecule has 0 unspecified atom stereocenters. The summed E-state index contributed by atoms with van der Waals surface area (Å²) < 4.78 is 5.58. The molecule has 0 aliphatic carbocycles. The van der Waals surface area contributed by atoms with Crippen LogP contribution >= 0.6 is 11.6 Å². The lowest BCUT2D eigenvalue weighted by Crippen LogP contribution is -2.27. The molecule has 0 aromatic carbocycles. The quantitative estimate of drug-likeness (QED) is 0.766. The van der Waals surface area contributed by atoms with Crippen LogP contribution in [0.2, 0.25) is 0 Å². The minimum atomic E-state index is 0.529. The van der Waals surface area contributed by atoms with Crippen LogP contribution in [-0.2, 0) is 6.42 Å². The van der Waals surface area contributed by atoms with Crippen LogP contribution in [0.25, 0.3) is 0 Å². The maximum Gasteiger partial charge on any atom is 0.318 e. The van der Waals surface area contributed by atoms with Gasteiger partial charge in [-0.15, -0.1) is 16.7 Å². The molecular weight excluding hydrogens is 226 g/mol. The topological polar surface area (TPSA) is 42.2 Å². The van der Waals surface area contributed by atoms with Gasteiger partial charge >= 0.3 is 6.01 Å². The highest BCUT2D eigenvalue weighted by molar-refractivity contribution is 6.17. The first kappa shape index (κ1) is 11.7. The molecule has 2 rings (SSSR count). The summed E-state index contributed by atoms with van der Waals surface area (Å²) in [6, 6.07) is 0.669. The van der Waals surface area contributed by atoms with Crippen LogP contribution in [-0.4, -0.2) is 29.2 Å². The number of rotatable bonds is 3. The Morgan fingerprint density at radius 2 is 1.75 bits per heavy atom. The monoisotopic (exact) mass is 243 g/mol. The Morgan fingerprint density at radius 1 is 1.06 bits per heavy atom. The van der Waals surface area contributed by atoms with Gasteiger partial charge in [0.05, 0.1) is 0 Å². The second-order valence-electron chi connectivity index (χ2n) is 4.17. The van der Waals surface area contributed by atoms with Crippen LogP contribution in [0, 0.1) is 0 Å². The summed E-state index contributed by atoms with van der Waals surface area (Å²) in [5.41, 5.74) is 0. The third-order valence-electron chi connectivity index (χ3n) is 2.89. The fourth-order valence-corrected chi connectivity index (χ4v) is 2.15. The number of hydrogen-bond acceptors (Lipinski definition) is 4. The summed E-state index contributed by atoms with van der Waals surface area (Å²) in [5.74, 6) is 1.17. The fourth-order valence-electron chi connectivity index (χ4n) is 1.99. The summed E-state index contributed by atoms with van der Waals surface area (Å²) in [6.07, 6.45) is 7.05. The predicted molar refractivity (Wildman–Crippen MR) is 64.0 cm³/mol. The molecule has 1 aromatic rings. The van der Waals surface area contributed by atoms with E-state index in [-0.39, 0.29) is 0 Å². The van der Waals surface area contributed by atoms with E-state index in [2.05, 4.69) is 15.1 Å². The Hall–Kier alpha value is -0.770. The minimum absolute atomic E-state index is 0.529. The first-order valence-electron chi connectivity index (χ1n) is 6.03. The summed E-state index contributed by atoms with van der Waals surface area (Å²) in [4.78, 5) is 2.20. The van der Waals surface area contributed by atoms with Gasteiger partial charge in [-0.1, -0.05) is 24.4 Å². The van der Waals surface area contributed by atoms with E-state index in [0.29, 0.717) is 24.2 Å². The zero-order valence-electron chi connectivity index (χ0n) is 9.49. The third-order valence-corrected chi connectivity index (χ3v) is 3.08. The molecule has 1 saturated heterocycles. The maximum absolute atomic E-state index is 5.64. The van der Waals surface area contributed by atoms with Crippen molar-refractivity contribution in [2.24, 2.45) is 0 Å². The molecule has 1 fully saturated rings. The fraction of sp³-hybridized carbons (Fsp3) is 0.818. The smallest absolute Gasteiger partial charge is 0.318 e. The normalized spacial score (nSPS) is 18.2. The predicted octanol–water partition coefficient (Wildman–Crippen LogP) is 2.62. The molecule has 0 saturated carbocycles. The van der Waals surface area contributed by atoms with Crippen LogP contribution in [0.1, 0.15) is 38.0 Å². The molecule has 1 aliphatic rings. The maximum atomic E-state index is 5.64. The van der Waals surface area contributed by atoms with Crippen LogP contribution in [0.15, 0.2) is 4.42 Å². The molecule has 0 spiro atoms. The molecule has 4 nitrogen and oxygen atoms in total. The van der Waals surface area contributed by atoms with Crippen molar-refractivity contribution in [3.8, 4) is 0 Å². The van der Waals surface area contributed by atoms with E-state index in [1.54, 1.807) is 0 Å². The number of nitrogens with zero attached hydrogens (tertiary/aromatic N) is 3. The SMILES string of the molecule is ClCCc1nnc(N2CCCCCCC2)o1. The van der Waals surface area contributed by atoms with Gasteiger partial charge in [-0.05, 0) is 12.8 Å². The average Bonchev–Trinajstić information content (AvgIpc) is 2.66. The molecule has 0 amide bonds. The van der Waals surface area contributed by atoms with Gasteiger partial charge in [0.1, 0.15) is 0 Å². The first-order valence-corrected chi connectivity index (χ1v) is 6.57. The van der Waals surface area contributed by atoms with Gasteiger partial charge in [0.25, 0.3) is 0 Å². The van der Waals surface area contributed by atoms with E-state index >= 15 is 0 Å². The zero-order chi connectivity index (χ0) is 11.2. The Labute approximate surface area is 101 Å². The van der Waals surface area contributed by atoms with E-state index in [0.717, 1.165) is 13.1 Å². The number of alkyl halides is 1. The van der Waals surface area contributed by atoms with Gasteiger partial charge in [0.15, 0.2) is 0 Å². The van der Waals surface area contributed by atoms with Crippen molar-refractivity contribution in [1.82, 2.24) is 10.2 Å². The summed E-state index contributed by atoms with van der Waals surface area (Å²) >= 11 is 5.64. The number of halogens is 1. The van der Waals surface area contributed by atoms with E-state index in [1.807, 2.05) is 0 Å². The molecule has 5 heteroatoms. The van der Waals surface area contributed by atoms with Crippen molar-refractivity contribution in [3.05, 3.63) is 5.89 Å². The van der Waals surface area contributed by atoms with Crippen molar-refractivity contribution in [2.75, 3.05) is 23.9 Å². The molecular formula is C11H18ClN3O. The number of aryl methyl sites for hydroxylation is 1. The van der Waals surface area contributed by atoms with Crippen molar-refractivity contribution in [2.45, 2.75) is 38.5 Å². The molecule has 0 radical (unpaired) electrons. The van der Waals surface area contributed by atoms with Crippen molar-refractivity contribution >= 4 is 17.6 Å². The van der Waals surface area contributed by atoms with Crippen LogP contribution < -0.4 is 4.90 Å². The van der Waals surface area contributed by atoms with Crippen LogP contribution in [0.3, 0.4) is 0 Å². The van der Waals surface area contributed by atoms with Gasteiger partial charge in [0.2, 0.25) is 5.89 Å². The molecule has 0 atom stereocenters. The lowest BCUT2D eigenvalue weighted by molar-refractivity contribution is 0.468. The van der Waals surface area contributed by atoms with E-state index in [4.69, 9.17) is 16.0 Å². The Morgan fingerprint density at radius 3 is 2.44 bits per heavy atom. The molecule has 90 valence electrons. The van der Waals surface area contributed by atoms with Gasteiger partial charge in [-0.2, -0.15) is 0 Å². The summed E-state index contributed by atoms with van der Waals surface area (Å²) in [6.45, 7) is 2.06. The van der Waals surface area contributed by atoms with Crippen molar-refractivity contribution in [1.29, 1.82) is 0 Å². The first-order chi connectivity index (χ1) is 7.90. The van der Waals surface area contributed by atoms with Crippen molar-refractivity contribution in [3.63, 3.8) is 0 Å². The van der Waals surface area contributed by atoms with E-state index in [9.17, 15) is 0 Å². The Balaban J connectivity index is 1.97. The molecule has 1 aliphatic heterocycles.